The van der Waals surface area contributed by atoms with Crippen LogP contribution >= 0.6 is 0 Å². The number of ether oxygens (including phenoxy) is 4. The van der Waals surface area contributed by atoms with Crippen LogP contribution in [0.4, 0.5) is 0 Å². The fourth-order valence-corrected chi connectivity index (χ4v) is 2.20. The Bertz CT molecular complexity index is 358. The van der Waals surface area contributed by atoms with Crippen molar-refractivity contribution in [2.45, 2.75) is 6.54 Å². The highest BCUT2D eigenvalue weighted by atomic mass is 16.6. The molecular formula is C17H26NO4. The van der Waals surface area contributed by atoms with Gasteiger partial charge in [0.05, 0.1) is 52.9 Å². The van der Waals surface area contributed by atoms with Crippen molar-refractivity contribution in [1.82, 2.24) is 4.90 Å². The second-order valence-electron chi connectivity index (χ2n) is 5.13. The molecule has 22 heavy (non-hydrogen) atoms. The predicted molar refractivity (Wildman–Crippen MR) is 83.8 cm³/mol. The molecular weight excluding hydrogens is 282 g/mol. The summed E-state index contributed by atoms with van der Waals surface area (Å²) >= 11 is 0. The van der Waals surface area contributed by atoms with E-state index in [9.17, 15) is 0 Å². The second kappa shape index (κ2) is 11.6. The highest BCUT2D eigenvalue weighted by Gasteiger charge is 2.06. The monoisotopic (exact) mass is 308 g/mol. The standard InChI is InChI=1S/C17H26NO4/c1-2-4-17(5-3-1)16-18-6-8-19-10-12-21-14-15-22-13-11-20-9-7-18/h2-5H,6-16H2. The third-order valence-electron chi connectivity index (χ3n) is 3.41. The average molecular weight is 308 g/mol. The van der Waals surface area contributed by atoms with Crippen molar-refractivity contribution in [2.75, 3.05) is 65.9 Å². The van der Waals surface area contributed by atoms with Crippen molar-refractivity contribution in [3.05, 3.63) is 35.9 Å². The van der Waals surface area contributed by atoms with Crippen LogP contribution in [-0.4, -0.2) is 70.8 Å². The maximum atomic E-state index is 5.62. The Morgan fingerprint density at radius 2 is 1.18 bits per heavy atom. The minimum absolute atomic E-state index is 0.612. The number of rotatable bonds is 2. The smallest absolute Gasteiger partial charge is 0.0701 e. The van der Waals surface area contributed by atoms with Gasteiger partial charge < -0.3 is 18.9 Å². The quantitative estimate of drug-likeness (QED) is 0.825. The largest absolute Gasteiger partial charge is 0.378 e. The van der Waals surface area contributed by atoms with Gasteiger partial charge in [0.2, 0.25) is 0 Å². The van der Waals surface area contributed by atoms with Gasteiger partial charge >= 0.3 is 0 Å². The van der Waals surface area contributed by atoms with E-state index in [1.165, 1.54) is 5.56 Å². The van der Waals surface area contributed by atoms with Crippen molar-refractivity contribution >= 4 is 0 Å². The topological polar surface area (TPSA) is 40.2 Å². The van der Waals surface area contributed by atoms with Crippen LogP contribution in [0.2, 0.25) is 0 Å². The maximum absolute atomic E-state index is 5.62. The van der Waals surface area contributed by atoms with Gasteiger partial charge in [-0.15, -0.1) is 0 Å². The summed E-state index contributed by atoms with van der Waals surface area (Å²) in [6, 6.07) is 11.1. The molecule has 0 unspecified atom stereocenters. The number of hydrogen-bond acceptors (Lipinski definition) is 5. The summed E-state index contributed by atoms with van der Waals surface area (Å²) in [6.07, 6.45) is 0. The fourth-order valence-electron chi connectivity index (χ4n) is 2.20. The van der Waals surface area contributed by atoms with E-state index in [1.54, 1.807) is 0 Å². The Morgan fingerprint density at radius 1 is 0.727 bits per heavy atom. The molecule has 1 aromatic carbocycles. The van der Waals surface area contributed by atoms with Gasteiger partial charge in [0, 0.05) is 19.6 Å². The summed E-state index contributed by atoms with van der Waals surface area (Å²) in [6.45, 7) is 7.81. The molecule has 0 saturated carbocycles. The summed E-state index contributed by atoms with van der Waals surface area (Å²) in [5.74, 6) is 0. The molecule has 1 aliphatic heterocycles. The molecule has 1 aromatic rings. The predicted octanol–water partition coefficient (Wildman–Crippen LogP) is 1.37. The summed E-state index contributed by atoms with van der Waals surface area (Å²) in [5, 5.41) is 0. The van der Waals surface area contributed by atoms with E-state index in [2.05, 4.69) is 23.1 Å². The van der Waals surface area contributed by atoms with Crippen molar-refractivity contribution in [3.63, 3.8) is 0 Å². The molecule has 0 spiro atoms. The molecule has 0 bridgehead atoms. The normalized spacial score (nSPS) is 20.9. The van der Waals surface area contributed by atoms with E-state index in [0.717, 1.165) is 19.6 Å². The van der Waals surface area contributed by atoms with Crippen molar-refractivity contribution in [1.29, 1.82) is 0 Å². The third kappa shape index (κ3) is 7.87. The van der Waals surface area contributed by atoms with Crippen LogP contribution < -0.4 is 0 Å². The number of benzene rings is 1. The maximum Gasteiger partial charge on any atom is 0.0701 e. The fraction of sp³-hybridized carbons (Fsp3) is 0.647. The summed E-state index contributed by atoms with van der Waals surface area (Å²) in [4.78, 5) is 2.34. The molecule has 0 atom stereocenters. The lowest BCUT2D eigenvalue weighted by Crippen LogP contribution is -2.31. The molecule has 123 valence electrons. The lowest BCUT2D eigenvalue weighted by molar-refractivity contribution is 0.00206. The van der Waals surface area contributed by atoms with E-state index < -0.39 is 0 Å². The molecule has 1 saturated heterocycles. The molecule has 0 aromatic heterocycles. The van der Waals surface area contributed by atoms with Crippen molar-refractivity contribution in [2.24, 2.45) is 0 Å². The lowest BCUT2D eigenvalue weighted by atomic mass is 10.2. The van der Waals surface area contributed by atoms with Gasteiger partial charge in [-0.3, -0.25) is 4.90 Å². The summed E-state index contributed by atoms with van der Waals surface area (Å²) in [5.41, 5.74) is 1.28. The Labute approximate surface area is 133 Å². The Morgan fingerprint density at radius 3 is 1.68 bits per heavy atom. The average Bonchev–Trinajstić information content (AvgIpc) is 2.56. The first-order valence-corrected chi connectivity index (χ1v) is 7.93. The Hall–Kier alpha value is -0.980. The number of nitrogens with zero attached hydrogens (tertiary/aromatic N) is 1. The van der Waals surface area contributed by atoms with E-state index in [-0.39, 0.29) is 0 Å². The molecule has 0 aliphatic carbocycles. The van der Waals surface area contributed by atoms with E-state index >= 15 is 0 Å². The highest BCUT2D eigenvalue weighted by Crippen LogP contribution is 2.04. The SMILES string of the molecule is [c]1ccc(CN2CCOCCOCCOCCOCC2)cc1. The van der Waals surface area contributed by atoms with Crippen molar-refractivity contribution in [3.8, 4) is 0 Å². The summed E-state index contributed by atoms with van der Waals surface area (Å²) < 4.78 is 22.1. The van der Waals surface area contributed by atoms with E-state index in [4.69, 9.17) is 18.9 Å². The van der Waals surface area contributed by atoms with Gasteiger partial charge in [0.1, 0.15) is 0 Å². The first-order valence-electron chi connectivity index (χ1n) is 7.93. The minimum atomic E-state index is 0.612. The zero-order chi connectivity index (χ0) is 15.3. The second-order valence-corrected chi connectivity index (χ2v) is 5.13. The molecule has 5 nitrogen and oxygen atoms in total. The molecule has 0 amide bonds. The molecule has 1 aliphatic rings. The Kier molecular flexibility index (Phi) is 9.14. The van der Waals surface area contributed by atoms with Gasteiger partial charge in [-0.05, 0) is 11.6 Å². The molecule has 1 heterocycles. The number of hydrogen-bond donors (Lipinski definition) is 0. The van der Waals surface area contributed by atoms with Crippen molar-refractivity contribution < 1.29 is 18.9 Å². The zero-order valence-electron chi connectivity index (χ0n) is 13.2. The summed E-state index contributed by atoms with van der Waals surface area (Å²) in [7, 11) is 0. The lowest BCUT2D eigenvalue weighted by Gasteiger charge is -2.22. The first-order chi connectivity index (χ1) is 10.9. The van der Waals surface area contributed by atoms with Crippen LogP contribution in [0, 0.1) is 6.07 Å². The van der Waals surface area contributed by atoms with E-state index in [1.807, 2.05) is 12.1 Å². The molecule has 0 N–H and O–H groups in total. The highest BCUT2D eigenvalue weighted by molar-refractivity contribution is 5.13. The third-order valence-corrected chi connectivity index (χ3v) is 3.41. The van der Waals surface area contributed by atoms with Crippen LogP contribution in [0.3, 0.4) is 0 Å². The van der Waals surface area contributed by atoms with Gasteiger partial charge in [0.15, 0.2) is 0 Å². The van der Waals surface area contributed by atoms with Gasteiger partial charge in [0.25, 0.3) is 0 Å². The molecule has 5 heteroatoms. The van der Waals surface area contributed by atoms with Crippen LogP contribution in [0.25, 0.3) is 0 Å². The molecule has 1 fully saturated rings. The van der Waals surface area contributed by atoms with Gasteiger partial charge in [-0.25, -0.2) is 0 Å². The van der Waals surface area contributed by atoms with Crippen LogP contribution in [-0.2, 0) is 25.5 Å². The minimum Gasteiger partial charge on any atom is -0.378 e. The van der Waals surface area contributed by atoms with Crippen LogP contribution in [0.5, 0.6) is 0 Å². The Balaban J connectivity index is 1.77. The molecule has 2 rings (SSSR count). The zero-order valence-corrected chi connectivity index (χ0v) is 13.2. The van der Waals surface area contributed by atoms with Gasteiger partial charge in [-0.1, -0.05) is 24.3 Å². The van der Waals surface area contributed by atoms with Crippen LogP contribution in [0.1, 0.15) is 5.56 Å². The van der Waals surface area contributed by atoms with Gasteiger partial charge in [-0.2, -0.15) is 0 Å². The van der Waals surface area contributed by atoms with E-state index in [0.29, 0.717) is 52.9 Å². The first kappa shape index (κ1) is 17.4. The van der Waals surface area contributed by atoms with Crippen LogP contribution in [0.15, 0.2) is 24.3 Å². The molecule has 1 radical (unpaired) electrons.